The number of hydrogen-bond donors (Lipinski definition) is 2. The molecule has 2 rings (SSSR count). The zero-order valence-electron chi connectivity index (χ0n) is 16.0. The number of piperidine rings is 1. The lowest BCUT2D eigenvalue weighted by molar-refractivity contribution is -0.126. The minimum absolute atomic E-state index is 0.108. The molecule has 0 atom stereocenters. The summed E-state index contributed by atoms with van der Waals surface area (Å²) in [7, 11) is 0. The van der Waals surface area contributed by atoms with Gasteiger partial charge in [-0.05, 0) is 63.9 Å². The van der Waals surface area contributed by atoms with Gasteiger partial charge in [-0.2, -0.15) is 0 Å². The Kier molecular flexibility index (Phi) is 8.71. The van der Waals surface area contributed by atoms with E-state index in [1.807, 2.05) is 26.0 Å². The fraction of sp³-hybridized carbons (Fsp3) is 0.650. The number of likely N-dealkylation sites (tertiary alicyclic amines) is 1. The second-order valence-corrected chi connectivity index (χ2v) is 6.63. The van der Waals surface area contributed by atoms with Crippen LogP contribution in [-0.4, -0.2) is 55.4 Å². The fourth-order valence-corrected chi connectivity index (χ4v) is 3.21. The number of phenolic OH excluding ortho intramolecular Hbond substituents is 1. The Balaban J connectivity index is 1.73. The van der Waals surface area contributed by atoms with Crippen LogP contribution in [0.25, 0.3) is 0 Å². The molecule has 1 aliphatic heterocycles. The Hall–Kier alpha value is -1.79. The van der Waals surface area contributed by atoms with Crippen molar-refractivity contribution in [1.29, 1.82) is 0 Å². The van der Waals surface area contributed by atoms with Gasteiger partial charge in [-0.3, -0.25) is 9.69 Å². The molecule has 0 spiro atoms. The van der Waals surface area contributed by atoms with E-state index in [9.17, 15) is 9.90 Å². The highest BCUT2D eigenvalue weighted by Gasteiger charge is 2.24. The van der Waals surface area contributed by atoms with Gasteiger partial charge in [0, 0.05) is 32.2 Å². The molecule has 0 aromatic heterocycles. The van der Waals surface area contributed by atoms with Gasteiger partial charge >= 0.3 is 0 Å². The predicted molar refractivity (Wildman–Crippen MR) is 101 cm³/mol. The Morgan fingerprint density at radius 2 is 2.04 bits per heavy atom. The molecule has 26 heavy (non-hydrogen) atoms. The average molecular weight is 364 g/mol. The second kappa shape index (κ2) is 11.0. The van der Waals surface area contributed by atoms with Gasteiger partial charge in [0.05, 0.1) is 6.61 Å². The van der Waals surface area contributed by atoms with E-state index in [0.717, 1.165) is 51.1 Å². The highest BCUT2D eigenvalue weighted by atomic mass is 16.5. The van der Waals surface area contributed by atoms with E-state index in [4.69, 9.17) is 9.47 Å². The number of nitrogens with zero attached hydrogens (tertiary/aromatic N) is 1. The molecule has 1 amide bonds. The monoisotopic (exact) mass is 364 g/mol. The van der Waals surface area contributed by atoms with Crippen LogP contribution in [0.2, 0.25) is 0 Å². The van der Waals surface area contributed by atoms with Gasteiger partial charge in [-0.25, -0.2) is 0 Å². The first-order valence-electron chi connectivity index (χ1n) is 9.66. The average Bonchev–Trinajstić information content (AvgIpc) is 2.65. The molecule has 1 aromatic rings. The van der Waals surface area contributed by atoms with Crippen molar-refractivity contribution in [2.75, 3.05) is 39.5 Å². The highest BCUT2D eigenvalue weighted by molar-refractivity contribution is 5.78. The van der Waals surface area contributed by atoms with E-state index in [2.05, 4.69) is 10.2 Å². The maximum absolute atomic E-state index is 12.2. The zero-order chi connectivity index (χ0) is 18.8. The summed E-state index contributed by atoms with van der Waals surface area (Å²) in [5, 5.41) is 12.8. The summed E-state index contributed by atoms with van der Waals surface area (Å²) in [6.45, 7) is 9.13. The first-order chi connectivity index (χ1) is 12.6. The zero-order valence-corrected chi connectivity index (χ0v) is 16.0. The molecule has 0 bridgehead atoms. The topological polar surface area (TPSA) is 71.0 Å². The Bertz CT molecular complexity index is 557. The summed E-state index contributed by atoms with van der Waals surface area (Å²) in [6, 6.07) is 5.51. The standard InChI is InChI=1S/C20H32N2O4/c1-3-25-13-5-10-21-20(24)17-8-11-22(12-9-17)15-16-6-7-18(23)19(14-16)26-4-2/h6-7,14,17,23H,3-5,8-13,15H2,1-2H3,(H,21,24). The molecule has 0 unspecified atom stereocenters. The molecular formula is C20H32N2O4. The molecule has 1 aromatic carbocycles. The quantitative estimate of drug-likeness (QED) is 0.625. The number of benzene rings is 1. The van der Waals surface area contributed by atoms with Crippen molar-refractivity contribution >= 4 is 5.91 Å². The van der Waals surface area contributed by atoms with Crippen LogP contribution in [-0.2, 0) is 16.1 Å². The second-order valence-electron chi connectivity index (χ2n) is 6.63. The normalized spacial score (nSPS) is 15.8. The number of phenols is 1. The van der Waals surface area contributed by atoms with Gasteiger partial charge in [0.2, 0.25) is 5.91 Å². The molecule has 0 radical (unpaired) electrons. The van der Waals surface area contributed by atoms with Gasteiger partial charge in [0.25, 0.3) is 0 Å². The summed E-state index contributed by atoms with van der Waals surface area (Å²) in [5.74, 6) is 0.989. The van der Waals surface area contributed by atoms with Crippen LogP contribution < -0.4 is 10.1 Å². The van der Waals surface area contributed by atoms with Crippen LogP contribution in [0.1, 0.15) is 38.7 Å². The van der Waals surface area contributed by atoms with Crippen LogP contribution in [0.5, 0.6) is 11.5 Å². The van der Waals surface area contributed by atoms with E-state index < -0.39 is 0 Å². The van der Waals surface area contributed by atoms with Gasteiger partial charge in [-0.15, -0.1) is 0 Å². The Morgan fingerprint density at radius 1 is 1.27 bits per heavy atom. The van der Waals surface area contributed by atoms with E-state index in [0.29, 0.717) is 25.5 Å². The minimum Gasteiger partial charge on any atom is -0.504 e. The lowest BCUT2D eigenvalue weighted by Crippen LogP contribution is -2.40. The summed E-state index contributed by atoms with van der Waals surface area (Å²) >= 11 is 0. The number of nitrogens with one attached hydrogen (secondary N) is 1. The maximum Gasteiger partial charge on any atom is 0.223 e. The van der Waals surface area contributed by atoms with Crippen molar-refractivity contribution in [3.05, 3.63) is 23.8 Å². The lowest BCUT2D eigenvalue weighted by atomic mass is 9.95. The molecule has 6 heteroatoms. The van der Waals surface area contributed by atoms with Crippen molar-refractivity contribution in [2.24, 2.45) is 5.92 Å². The summed E-state index contributed by atoms with van der Waals surface area (Å²) in [6.07, 6.45) is 2.63. The number of carbonyl (C=O) groups is 1. The SMILES string of the molecule is CCOCCCNC(=O)C1CCN(Cc2ccc(O)c(OCC)c2)CC1. The minimum atomic E-state index is 0.108. The van der Waals surface area contributed by atoms with Gasteiger partial charge in [0.1, 0.15) is 0 Å². The number of ether oxygens (including phenoxy) is 2. The van der Waals surface area contributed by atoms with Crippen LogP contribution >= 0.6 is 0 Å². The molecule has 2 N–H and O–H groups in total. The van der Waals surface area contributed by atoms with Crippen LogP contribution in [0.3, 0.4) is 0 Å². The number of rotatable bonds is 10. The lowest BCUT2D eigenvalue weighted by Gasteiger charge is -2.31. The molecule has 6 nitrogen and oxygen atoms in total. The van der Waals surface area contributed by atoms with Crippen molar-refractivity contribution in [3.63, 3.8) is 0 Å². The van der Waals surface area contributed by atoms with Crippen LogP contribution in [0, 0.1) is 5.92 Å². The smallest absolute Gasteiger partial charge is 0.223 e. The molecule has 1 heterocycles. The fourth-order valence-electron chi connectivity index (χ4n) is 3.21. The number of amides is 1. The molecule has 146 valence electrons. The molecule has 1 aliphatic rings. The van der Waals surface area contributed by atoms with Crippen molar-refractivity contribution in [1.82, 2.24) is 10.2 Å². The Labute approximate surface area is 156 Å². The van der Waals surface area contributed by atoms with Crippen LogP contribution in [0.15, 0.2) is 18.2 Å². The maximum atomic E-state index is 12.2. The first-order valence-corrected chi connectivity index (χ1v) is 9.66. The van der Waals surface area contributed by atoms with E-state index in [1.54, 1.807) is 6.07 Å². The molecular weight excluding hydrogens is 332 g/mol. The van der Waals surface area contributed by atoms with Gasteiger partial charge in [-0.1, -0.05) is 6.07 Å². The van der Waals surface area contributed by atoms with E-state index >= 15 is 0 Å². The van der Waals surface area contributed by atoms with Gasteiger partial charge in [0.15, 0.2) is 11.5 Å². The van der Waals surface area contributed by atoms with Gasteiger partial charge < -0.3 is 19.9 Å². The summed E-state index contributed by atoms with van der Waals surface area (Å²) < 4.78 is 10.7. The largest absolute Gasteiger partial charge is 0.504 e. The number of carbonyl (C=O) groups excluding carboxylic acids is 1. The third kappa shape index (κ3) is 6.50. The third-order valence-corrected chi connectivity index (χ3v) is 4.66. The van der Waals surface area contributed by atoms with Crippen molar-refractivity contribution in [2.45, 2.75) is 39.7 Å². The first kappa shape index (κ1) is 20.5. The number of aromatic hydroxyl groups is 1. The number of hydrogen-bond acceptors (Lipinski definition) is 5. The summed E-state index contributed by atoms with van der Waals surface area (Å²) in [5.41, 5.74) is 1.12. The van der Waals surface area contributed by atoms with E-state index in [1.165, 1.54) is 0 Å². The molecule has 1 saturated heterocycles. The summed E-state index contributed by atoms with van der Waals surface area (Å²) in [4.78, 5) is 14.6. The van der Waals surface area contributed by atoms with Crippen LogP contribution in [0.4, 0.5) is 0 Å². The predicted octanol–water partition coefficient (Wildman–Crippen LogP) is 2.55. The third-order valence-electron chi connectivity index (χ3n) is 4.66. The van der Waals surface area contributed by atoms with Crippen molar-refractivity contribution < 1.29 is 19.4 Å². The molecule has 1 fully saturated rings. The van der Waals surface area contributed by atoms with Crippen molar-refractivity contribution in [3.8, 4) is 11.5 Å². The van der Waals surface area contributed by atoms with E-state index in [-0.39, 0.29) is 17.6 Å². The molecule has 0 saturated carbocycles. The molecule has 0 aliphatic carbocycles. The Morgan fingerprint density at radius 3 is 2.73 bits per heavy atom. The highest BCUT2D eigenvalue weighted by Crippen LogP contribution is 2.28.